The smallest absolute Gasteiger partial charge is 0.243 e. The van der Waals surface area contributed by atoms with Crippen molar-refractivity contribution in [2.45, 2.75) is 30.9 Å². The van der Waals surface area contributed by atoms with E-state index >= 15 is 0 Å². The fourth-order valence-corrected chi connectivity index (χ4v) is 3.82. The topological polar surface area (TPSA) is 77.3 Å². The second-order valence-electron chi connectivity index (χ2n) is 5.50. The van der Waals surface area contributed by atoms with Crippen LogP contribution < -0.4 is 4.74 Å². The Hall–Kier alpha value is -1.93. The van der Waals surface area contributed by atoms with Gasteiger partial charge in [0.05, 0.1) is 23.2 Å². The number of hydrogen-bond acceptors (Lipinski definition) is 5. The van der Waals surface area contributed by atoms with E-state index in [1.165, 1.54) is 4.31 Å². The third-order valence-corrected chi connectivity index (χ3v) is 5.32. The zero-order valence-corrected chi connectivity index (χ0v) is 13.3. The molecule has 1 fully saturated rings. The molecule has 0 unspecified atom stereocenters. The van der Waals surface area contributed by atoms with Crippen molar-refractivity contribution in [2.75, 3.05) is 13.1 Å². The third kappa shape index (κ3) is 2.84. The summed E-state index contributed by atoms with van der Waals surface area (Å²) in [7, 11) is -3.46. The van der Waals surface area contributed by atoms with Crippen molar-refractivity contribution in [3.05, 3.63) is 36.7 Å². The molecule has 1 aromatic carbocycles. The van der Waals surface area contributed by atoms with Crippen LogP contribution in [0, 0.1) is 0 Å². The van der Waals surface area contributed by atoms with Crippen LogP contribution in [0.1, 0.15) is 19.9 Å². The van der Waals surface area contributed by atoms with Crippen molar-refractivity contribution in [3.63, 3.8) is 0 Å². The van der Waals surface area contributed by atoms with E-state index < -0.39 is 10.0 Å². The van der Waals surface area contributed by atoms with Gasteiger partial charge in [0.1, 0.15) is 5.75 Å². The van der Waals surface area contributed by atoms with Crippen LogP contribution in [0.15, 0.2) is 41.6 Å². The summed E-state index contributed by atoms with van der Waals surface area (Å²) in [6.07, 6.45) is 3.39. The van der Waals surface area contributed by atoms with Gasteiger partial charge in [-0.25, -0.2) is 13.1 Å². The van der Waals surface area contributed by atoms with Crippen molar-refractivity contribution in [1.29, 1.82) is 0 Å². The van der Waals surface area contributed by atoms with Crippen LogP contribution in [0.4, 0.5) is 0 Å². The Bertz CT molecular complexity index is 720. The molecule has 22 heavy (non-hydrogen) atoms. The van der Waals surface area contributed by atoms with Crippen molar-refractivity contribution in [3.8, 4) is 5.75 Å². The quantitative estimate of drug-likeness (QED) is 0.829. The summed E-state index contributed by atoms with van der Waals surface area (Å²) in [6.45, 7) is 4.68. The van der Waals surface area contributed by atoms with Crippen molar-refractivity contribution in [2.24, 2.45) is 0 Å². The van der Waals surface area contributed by atoms with Crippen LogP contribution in [0.25, 0.3) is 0 Å². The molecule has 2 aromatic rings. The molecule has 1 aliphatic rings. The highest BCUT2D eigenvalue weighted by Gasteiger charge is 2.38. The van der Waals surface area contributed by atoms with E-state index in [9.17, 15) is 8.42 Å². The maximum atomic E-state index is 12.5. The highest BCUT2D eigenvalue weighted by molar-refractivity contribution is 7.89. The average Bonchev–Trinajstić information content (AvgIpc) is 2.90. The van der Waals surface area contributed by atoms with Gasteiger partial charge in [0.2, 0.25) is 10.0 Å². The van der Waals surface area contributed by atoms with Gasteiger partial charge in [-0.3, -0.25) is 0 Å². The SMILES string of the molecule is CC(C)Oc1ccc(S(=O)(=O)N2CC(n3ccnn3)C2)cc1. The van der Waals surface area contributed by atoms with Crippen LogP contribution in [-0.4, -0.2) is 46.9 Å². The number of hydrogen-bond donors (Lipinski definition) is 0. The molecule has 2 heterocycles. The summed E-state index contributed by atoms with van der Waals surface area (Å²) < 4.78 is 33.7. The van der Waals surface area contributed by atoms with Crippen molar-refractivity contribution < 1.29 is 13.2 Å². The molecule has 0 saturated carbocycles. The minimum Gasteiger partial charge on any atom is -0.491 e. The van der Waals surface area contributed by atoms with E-state index in [4.69, 9.17) is 4.74 Å². The van der Waals surface area contributed by atoms with Gasteiger partial charge in [0, 0.05) is 19.3 Å². The maximum absolute atomic E-state index is 12.5. The number of nitrogens with zero attached hydrogens (tertiary/aromatic N) is 4. The van der Waals surface area contributed by atoms with Gasteiger partial charge in [-0.15, -0.1) is 5.10 Å². The van der Waals surface area contributed by atoms with Crippen molar-refractivity contribution >= 4 is 10.0 Å². The fourth-order valence-electron chi connectivity index (χ4n) is 2.30. The average molecular weight is 322 g/mol. The van der Waals surface area contributed by atoms with Gasteiger partial charge < -0.3 is 4.74 Å². The zero-order chi connectivity index (χ0) is 15.7. The number of ether oxygens (including phenoxy) is 1. The molecule has 7 nitrogen and oxygen atoms in total. The molecular weight excluding hydrogens is 304 g/mol. The Labute approximate surface area is 129 Å². The summed E-state index contributed by atoms with van der Waals surface area (Å²) in [5, 5.41) is 7.63. The molecular formula is C14H18N4O3S. The molecule has 0 N–H and O–H groups in total. The van der Waals surface area contributed by atoms with Gasteiger partial charge in [-0.05, 0) is 38.1 Å². The van der Waals surface area contributed by atoms with E-state index in [-0.39, 0.29) is 17.0 Å². The monoisotopic (exact) mass is 322 g/mol. The highest BCUT2D eigenvalue weighted by Crippen LogP contribution is 2.28. The normalized spacial score (nSPS) is 16.7. The Morgan fingerprint density at radius 2 is 1.91 bits per heavy atom. The van der Waals surface area contributed by atoms with Crippen LogP contribution in [0.2, 0.25) is 0 Å². The molecule has 3 rings (SSSR count). The third-order valence-electron chi connectivity index (χ3n) is 3.48. The van der Waals surface area contributed by atoms with Crippen LogP contribution in [0.5, 0.6) is 5.75 Å². The summed E-state index contributed by atoms with van der Waals surface area (Å²) in [6, 6.07) is 6.58. The first-order valence-corrected chi connectivity index (χ1v) is 8.53. The van der Waals surface area contributed by atoms with E-state index in [0.29, 0.717) is 18.8 Å². The molecule has 1 saturated heterocycles. The summed E-state index contributed by atoms with van der Waals surface area (Å²) >= 11 is 0. The first kappa shape index (κ1) is 15.0. The minimum absolute atomic E-state index is 0.0563. The molecule has 0 amide bonds. The zero-order valence-electron chi connectivity index (χ0n) is 12.5. The first-order chi connectivity index (χ1) is 10.5. The fraction of sp³-hybridized carbons (Fsp3) is 0.429. The second kappa shape index (κ2) is 5.69. The molecule has 8 heteroatoms. The van der Waals surface area contributed by atoms with Crippen LogP contribution in [0.3, 0.4) is 0 Å². The molecule has 0 atom stereocenters. The second-order valence-corrected chi connectivity index (χ2v) is 7.43. The van der Waals surface area contributed by atoms with Gasteiger partial charge in [0.25, 0.3) is 0 Å². The lowest BCUT2D eigenvalue weighted by molar-refractivity contribution is 0.189. The Balaban J connectivity index is 1.69. The summed E-state index contributed by atoms with van der Waals surface area (Å²) in [4.78, 5) is 0.278. The van der Waals surface area contributed by atoms with Crippen LogP contribution >= 0.6 is 0 Å². The standard InChI is InChI=1S/C14H18N4O3S/c1-11(2)21-13-3-5-14(6-4-13)22(19,20)17-9-12(10-17)18-8-7-15-16-18/h3-8,11-12H,9-10H2,1-2H3. The predicted molar refractivity (Wildman–Crippen MR) is 80.0 cm³/mol. The summed E-state index contributed by atoms with van der Waals surface area (Å²) in [5.74, 6) is 0.665. The molecule has 1 aromatic heterocycles. The largest absolute Gasteiger partial charge is 0.491 e. The molecule has 0 spiro atoms. The molecule has 0 aliphatic carbocycles. The maximum Gasteiger partial charge on any atom is 0.243 e. The predicted octanol–water partition coefficient (Wildman–Crippen LogP) is 1.31. The van der Waals surface area contributed by atoms with E-state index in [2.05, 4.69) is 10.3 Å². The molecule has 1 aliphatic heterocycles. The number of rotatable bonds is 5. The molecule has 0 radical (unpaired) electrons. The van der Waals surface area contributed by atoms with Gasteiger partial charge >= 0.3 is 0 Å². The highest BCUT2D eigenvalue weighted by atomic mass is 32.2. The number of aromatic nitrogens is 3. The lowest BCUT2D eigenvalue weighted by Crippen LogP contribution is -2.50. The van der Waals surface area contributed by atoms with Gasteiger partial charge in [0.15, 0.2) is 0 Å². The lowest BCUT2D eigenvalue weighted by atomic mass is 10.2. The van der Waals surface area contributed by atoms with Gasteiger partial charge in [-0.1, -0.05) is 5.21 Å². The Kier molecular flexibility index (Phi) is 3.88. The minimum atomic E-state index is -3.46. The Morgan fingerprint density at radius 3 is 2.45 bits per heavy atom. The number of sulfonamides is 1. The van der Waals surface area contributed by atoms with E-state index in [1.54, 1.807) is 41.3 Å². The molecule has 0 bridgehead atoms. The van der Waals surface area contributed by atoms with Gasteiger partial charge in [-0.2, -0.15) is 4.31 Å². The summed E-state index contributed by atoms with van der Waals surface area (Å²) in [5.41, 5.74) is 0. The van der Waals surface area contributed by atoms with E-state index in [1.807, 2.05) is 13.8 Å². The van der Waals surface area contributed by atoms with E-state index in [0.717, 1.165) is 0 Å². The Morgan fingerprint density at radius 1 is 1.23 bits per heavy atom. The van der Waals surface area contributed by atoms with Crippen LogP contribution in [-0.2, 0) is 10.0 Å². The number of benzene rings is 1. The lowest BCUT2D eigenvalue weighted by Gasteiger charge is -2.37. The first-order valence-electron chi connectivity index (χ1n) is 7.09. The molecule has 118 valence electrons. The van der Waals surface area contributed by atoms with Crippen molar-refractivity contribution in [1.82, 2.24) is 19.3 Å².